The maximum atomic E-state index is 13.9. The molecule has 0 saturated carbocycles. The lowest BCUT2D eigenvalue weighted by molar-refractivity contribution is -0.157. The molecule has 0 unspecified atom stereocenters. The fourth-order valence-corrected chi connectivity index (χ4v) is 18.5. The normalized spacial score (nSPS) is 28.9. The summed E-state index contributed by atoms with van der Waals surface area (Å²) in [4.78, 5) is 26.1. The molecule has 0 aliphatic carbocycles. The van der Waals surface area contributed by atoms with E-state index in [4.69, 9.17) is 27.5 Å². The van der Waals surface area contributed by atoms with Crippen LogP contribution in [0.3, 0.4) is 0 Å². The first-order valence-electron chi connectivity index (χ1n) is 24.0. The Morgan fingerprint density at radius 2 is 1.47 bits per heavy atom. The number of hydrogen-bond donors (Lipinski definition) is 1. The van der Waals surface area contributed by atoms with E-state index in [1.54, 1.807) is 13.0 Å². The van der Waals surface area contributed by atoms with E-state index in [2.05, 4.69) is 95.2 Å². The highest BCUT2D eigenvalue weighted by molar-refractivity contribution is 6.74. The first-order valence-corrected chi connectivity index (χ1v) is 31.6. The third-order valence-corrected chi connectivity index (χ3v) is 28.8. The molecule has 1 fully saturated rings. The van der Waals surface area contributed by atoms with E-state index in [0.717, 1.165) is 72.8 Å². The number of aliphatic hydroxyl groups is 1. The zero-order valence-electron chi connectivity index (χ0n) is 41.1. The molecule has 10 atom stereocenters. The molecule has 0 spiro atoms. The Morgan fingerprint density at radius 3 is 1.97 bits per heavy atom. The number of carbonyl (C=O) groups is 2. The Kier molecular flexibility index (Phi) is 22.5. The van der Waals surface area contributed by atoms with Gasteiger partial charge in [0, 0.05) is 31.3 Å². The maximum Gasteiger partial charge on any atom is 0.308 e. The van der Waals surface area contributed by atoms with Gasteiger partial charge in [-0.3, -0.25) is 9.59 Å². The van der Waals surface area contributed by atoms with Gasteiger partial charge in [-0.05, 0) is 106 Å². The molecule has 60 heavy (non-hydrogen) atoms. The summed E-state index contributed by atoms with van der Waals surface area (Å²) in [6.07, 6.45) is 11.0. The van der Waals surface area contributed by atoms with Gasteiger partial charge in [0.15, 0.2) is 25.0 Å². The highest BCUT2D eigenvalue weighted by Gasteiger charge is 2.51. The number of hydrogen-bond acceptors (Lipinski definition) is 9. The van der Waals surface area contributed by atoms with Crippen molar-refractivity contribution in [3.05, 3.63) is 36.0 Å². The minimum absolute atomic E-state index is 0.0838. The van der Waals surface area contributed by atoms with Crippen molar-refractivity contribution in [2.75, 3.05) is 0 Å². The molecule has 0 aromatic carbocycles. The molecule has 0 aromatic rings. The molecule has 1 saturated heterocycles. The Morgan fingerprint density at radius 1 is 0.917 bits per heavy atom. The molecule has 12 heteroatoms. The smallest absolute Gasteiger partial charge is 0.308 e. The summed E-state index contributed by atoms with van der Waals surface area (Å²) >= 11 is 0. The van der Waals surface area contributed by atoms with E-state index in [9.17, 15) is 14.7 Å². The SMILES string of the molecule is CC[C@H](O[Si](CC)(CC)CC)[C@@H](C)[C@H]1O[C@@H]1C[C@](C)(/C=C/C=C(\C)[C@H]1OC(=O)C[C@H](O[Si](CC)(CC)CC)CC[C@@](C)(O)[C@H](OC(C)=O)/C=C/[C@@H]1C)O[Si](CC)(CC)CC. The quantitative estimate of drug-likeness (QED) is 0.0333. The lowest BCUT2D eigenvalue weighted by atomic mass is 9.88. The standard InChI is InChI=1S/C48H90O9Si3/c1-17-41(56-59(21-5,22-6)23-7)38(13)46-42(53-46)35-47(15,57-60(24-8,25-9)26-10)32-27-28-36(11)45-37(12)29-30-43(52-39(14)49)48(16,51)33-31-40(34-44(50)54-45)55-58(18-2,19-3)20-4/h27-30,32,37-38,40-43,45-46,51H,17-26,31,33-35H2,1-16H3/b30-29+,32-27+,36-28+/t37-,38+,40+,41-,42+,43+,45+,46+,47-,48+/m0/s1. The van der Waals surface area contributed by atoms with Crippen LogP contribution in [0.4, 0.5) is 0 Å². The first kappa shape index (κ1) is 54.7. The van der Waals surface area contributed by atoms with Gasteiger partial charge < -0.3 is 32.6 Å². The molecule has 348 valence electrons. The van der Waals surface area contributed by atoms with Gasteiger partial charge >= 0.3 is 11.9 Å². The Balaban J connectivity index is 2.52. The van der Waals surface area contributed by atoms with Crippen molar-refractivity contribution in [2.45, 2.75) is 245 Å². The van der Waals surface area contributed by atoms with E-state index < -0.39 is 60.4 Å². The minimum Gasteiger partial charge on any atom is -0.457 e. The fourth-order valence-electron chi connectivity index (χ4n) is 9.45. The minimum atomic E-state index is -2.10. The second-order valence-corrected chi connectivity index (χ2v) is 32.8. The van der Waals surface area contributed by atoms with Gasteiger partial charge in [-0.2, -0.15) is 0 Å². The molecule has 9 nitrogen and oxygen atoms in total. The molecule has 2 aliphatic rings. The third-order valence-electron chi connectivity index (χ3n) is 14.7. The Bertz CT molecular complexity index is 1380. The van der Waals surface area contributed by atoms with E-state index in [1.807, 2.05) is 26.0 Å². The van der Waals surface area contributed by atoms with Crippen molar-refractivity contribution >= 4 is 36.9 Å². The van der Waals surface area contributed by atoms with Gasteiger partial charge in [-0.25, -0.2) is 0 Å². The van der Waals surface area contributed by atoms with Gasteiger partial charge in [0.25, 0.3) is 0 Å². The van der Waals surface area contributed by atoms with Crippen molar-refractivity contribution in [1.29, 1.82) is 0 Å². The number of cyclic esters (lactones) is 1. The largest absolute Gasteiger partial charge is 0.457 e. The lowest BCUT2D eigenvalue weighted by Gasteiger charge is -2.39. The average molecular weight is 895 g/mol. The van der Waals surface area contributed by atoms with Gasteiger partial charge in [0.05, 0.1) is 30.3 Å². The van der Waals surface area contributed by atoms with E-state index >= 15 is 0 Å². The summed E-state index contributed by atoms with van der Waals surface area (Å²) in [6, 6.07) is 9.36. The monoisotopic (exact) mass is 895 g/mol. The van der Waals surface area contributed by atoms with E-state index in [-0.39, 0.29) is 36.6 Å². The van der Waals surface area contributed by atoms with Gasteiger partial charge in [-0.15, -0.1) is 0 Å². The molecule has 0 radical (unpaired) electrons. The highest BCUT2D eigenvalue weighted by atomic mass is 28.4. The predicted molar refractivity (Wildman–Crippen MR) is 255 cm³/mol. The van der Waals surface area contributed by atoms with E-state index in [1.165, 1.54) is 6.92 Å². The summed E-state index contributed by atoms with van der Waals surface area (Å²) in [6.45, 7) is 34.0. The van der Waals surface area contributed by atoms with Crippen LogP contribution in [0.15, 0.2) is 36.0 Å². The molecule has 2 rings (SSSR count). The third kappa shape index (κ3) is 15.4. The number of ether oxygens (including phenoxy) is 3. The predicted octanol–water partition coefficient (Wildman–Crippen LogP) is 12.2. The highest BCUT2D eigenvalue weighted by Crippen LogP contribution is 2.42. The van der Waals surface area contributed by atoms with Crippen LogP contribution in [0.1, 0.15) is 143 Å². The Hall–Kier alpha value is -1.39. The molecule has 0 aromatic heterocycles. The van der Waals surface area contributed by atoms with Crippen LogP contribution in [0.25, 0.3) is 0 Å². The van der Waals surface area contributed by atoms with Crippen molar-refractivity contribution in [2.24, 2.45) is 11.8 Å². The van der Waals surface area contributed by atoms with Gasteiger partial charge in [0.2, 0.25) is 0 Å². The van der Waals surface area contributed by atoms with Crippen LogP contribution in [0, 0.1) is 11.8 Å². The van der Waals surface area contributed by atoms with Crippen LogP contribution in [0.5, 0.6) is 0 Å². The van der Waals surface area contributed by atoms with Crippen molar-refractivity contribution in [1.82, 2.24) is 0 Å². The Labute approximate surface area is 370 Å². The van der Waals surface area contributed by atoms with Gasteiger partial charge in [0.1, 0.15) is 17.8 Å². The number of carbonyl (C=O) groups excluding carboxylic acids is 2. The molecule has 0 amide bonds. The van der Waals surface area contributed by atoms with E-state index in [0.29, 0.717) is 18.8 Å². The van der Waals surface area contributed by atoms with Crippen LogP contribution >= 0.6 is 0 Å². The number of rotatable bonds is 24. The zero-order valence-corrected chi connectivity index (χ0v) is 44.1. The van der Waals surface area contributed by atoms with Crippen molar-refractivity contribution < 1.29 is 42.2 Å². The topological polar surface area (TPSA) is 113 Å². The molecule has 1 N–H and O–H groups in total. The number of esters is 2. The molecule has 2 aliphatic heterocycles. The van der Waals surface area contributed by atoms with Crippen LogP contribution in [-0.2, 0) is 37.1 Å². The molecular weight excluding hydrogens is 805 g/mol. The number of epoxide rings is 1. The summed E-state index contributed by atoms with van der Waals surface area (Å²) in [5, 5.41) is 11.7. The average Bonchev–Trinajstić information content (AvgIpc) is 3.99. The second-order valence-electron chi connectivity index (χ2n) is 18.7. The summed E-state index contributed by atoms with van der Waals surface area (Å²) in [5.74, 6) is -0.775. The maximum absolute atomic E-state index is 13.9. The first-order chi connectivity index (χ1) is 28.2. The van der Waals surface area contributed by atoms with Gasteiger partial charge in [-0.1, -0.05) is 107 Å². The van der Waals surface area contributed by atoms with Crippen LogP contribution in [-0.4, -0.2) is 89.8 Å². The van der Waals surface area contributed by atoms with Crippen molar-refractivity contribution in [3.8, 4) is 0 Å². The summed E-state index contributed by atoms with van der Waals surface area (Å²) in [7, 11) is -5.90. The summed E-state index contributed by atoms with van der Waals surface area (Å²) in [5.41, 5.74) is -1.04. The molecule has 0 bridgehead atoms. The molecule has 2 heterocycles. The second kappa shape index (κ2) is 24.6. The molecular formula is C48H90O9Si3. The van der Waals surface area contributed by atoms with Crippen molar-refractivity contribution in [3.63, 3.8) is 0 Å². The fraction of sp³-hybridized carbons (Fsp3) is 0.833. The lowest BCUT2D eigenvalue weighted by Crippen LogP contribution is -2.46. The van der Waals surface area contributed by atoms with Crippen LogP contribution < -0.4 is 0 Å². The van der Waals surface area contributed by atoms with Crippen LogP contribution in [0.2, 0.25) is 54.4 Å². The number of allylic oxidation sites excluding steroid dienone is 2. The summed E-state index contributed by atoms with van der Waals surface area (Å²) < 4.78 is 39.8. The zero-order chi connectivity index (χ0) is 45.5.